The standard InChI is InChI=1S/C16H22N2O5S/c1-3-18(12-8-9-24(21,22)11-12)15(19)10-17-16(20)13-6-4-5-7-14(13)23-2/h4-7,12H,3,8-11H2,1-2H3,(H,17,20). The van der Waals surface area contributed by atoms with Crippen LogP contribution in [0.4, 0.5) is 0 Å². The monoisotopic (exact) mass is 354 g/mol. The fourth-order valence-electron chi connectivity index (χ4n) is 2.84. The number of ether oxygens (including phenoxy) is 1. The van der Waals surface area contributed by atoms with Gasteiger partial charge in [-0.1, -0.05) is 12.1 Å². The molecule has 8 heteroatoms. The molecule has 1 aliphatic heterocycles. The van der Waals surface area contributed by atoms with Crippen molar-refractivity contribution in [3.8, 4) is 5.75 Å². The van der Waals surface area contributed by atoms with Crippen molar-refractivity contribution in [1.29, 1.82) is 0 Å². The summed E-state index contributed by atoms with van der Waals surface area (Å²) in [5, 5.41) is 2.57. The quantitative estimate of drug-likeness (QED) is 0.801. The molecule has 1 fully saturated rings. The number of carbonyl (C=O) groups excluding carboxylic acids is 2. The first-order valence-corrected chi connectivity index (χ1v) is 9.61. The van der Waals surface area contributed by atoms with Crippen LogP contribution in [0.3, 0.4) is 0 Å². The number of para-hydroxylation sites is 1. The lowest BCUT2D eigenvalue weighted by Gasteiger charge is -2.27. The van der Waals surface area contributed by atoms with Gasteiger partial charge in [-0.25, -0.2) is 8.42 Å². The predicted molar refractivity (Wildman–Crippen MR) is 89.8 cm³/mol. The molecule has 7 nitrogen and oxygen atoms in total. The van der Waals surface area contributed by atoms with Crippen LogP contribution in [-0.4, -0.2) is 62.9 Å². The number of likely N-dealkylation sites (N-methyl/N-ethyl adjacent to an activating group) is 1. The van der Waals surface area contributed by atoms with Gasteiger partial charge in [-0.05, 0) is 25.5 Å². The second-order valence-electron chi connectivity index (χ2n) is 5.62. The molecule has 1 atom stereocenters. The van der Waals surface area contributed by atoms with E-state index in [1.807, 2.05) is 0 Å². The molecule has 0 aliphatic carbocycles. The SMILES string of the molecule is CCN(C(=O)CNC(=O)c1ccccc1OC)C1CCS(=O)(=O)C1. The predicted octanol–water partition coefficient (Wildman–Crippen LogP) is 0.461. The molecule has 1 aromatic carbocycles. The number of rotatable bonds is 6. The summed E-state index contributed by atoms with van der Waals surface area (Å²) in [6.07, 6.45) is 0.447. The van der Waals surface area contributed by atoms with Crippen LogP contribution in [0.2, 0.25) is 0 Å². The molecule has 2 rings (SSSR count). The van der Waals surface area contributed by atoms with Crippen LogP contribution < -0.4 is 10.1 Å². The van der Waals surface area contributed by atoms with Gasteiger partial charge in [0.15, 0.2) is 9.84 Å². The van der Waals surface area contributed by atoms with Gasteiger partial charge in [-0.15, -0.1) is 0 Å². The molecule has 0 aromatic heterocycles. The van der Waals surface area contributed by atoms with Crippen molar-refractivity contribution in [2.75, 3.05) is 31.7 Å². The second kappa shape index (κ2) is 7.65. The van der Waals surface area contributed by atoms with E-state index in [0.29, 0.717) is 24.3 Å². The van der Waals surface area contributed by atoms with Gasteiger partial charge < -0.3 is 15.0 Å². The van der Waals surface area contributed by atoms with Crippen molar-refractivity contribution in [2.24, 2.45) is 0 Å². The zero-order valence-corrected chi connectivity index (χ0v) is 14.6. The highest BCUT2D eigenvalue weighted by molar-refractivity contribution is 7.91. The van der Waals surface area contributed by atoms with Gasteiger partial charge in [0, 0.05) is 12.6 Å². The van der Waals surface area contributed by atoms with Crippen LogP contribution in [0, 0.1) is 0 Å². The van der Waals surface area contributed by atoms with Crippen molar-refractivity contribution in [1.82, 2.24) is 10.2 Å². The van der Waals surface area contributed by atoms with E-state index < -0.39 is 15.7 Å². The number of nitrogens with one attached hydrogen (secondary N) is 1. The van der Waals surface area contributed by atoms with Gasteiger partial charge in [0.05, 0.1) is 30.7 Å². The third-order valence-electron chi connectivity index (χ3n) is 4.06. The van der Waals surface area contributed by atoms with Gasteiger partial charge in [0.2, 0.25) is 5.91 Å². The maximum absolute atomic E-state index is 12.3. The molecule has 132 valence electrons. The van der Waals surface area contributed by atoms with Crippen LogP contribution in [0.1, 0.15) is 23.7 Å². The Balaban J connectivity index is 1.97. The van der Waals surface area contributed by atoms with E-state index in [1.165, 1.54) is 12.0 Å². The summed E-state index contributed by atoms with van der Waals surface area (Å²) in [5.41, 5.74) is 0.347. The third kappa shape index (κ3) is 4.25. The first kappa shape index (κ1) is 18.3. The summed E-state index contributed by atoms with van der Waals surface area (Å²) >= 11 is 0. The smallest absolute Gasteiger partial charge is 0.255 e. The van der Waals surface area contributed by atoms with E-state index in [9.17, 15) is 18.0 Å². The Kier molecular flexibility index (Phi) is 5.82. The lowest BCUT2D eigenvalue weighted by Crippen LogP contribution is -2.46. The third-order valence-corrected chi connectivity index (χ3v) is 5.81. The zero-order valence-electron chi connectivity index (χ0n) is 13.8. The number of sulfone groups is 1. The number of carbonyl (C=O) groups is 2. The van der Waals surface area contributed by atoms with Crippen molar-refractivity contribution in [2.45, 2.75) is 19.4 Å². The molecule has 1 saturated heterocycles. The van der Waals surface area contributed by atoms with Gasteiger partial charge in [-0.2, -0.15) is 0 Å². The molecular formula is C16H22N2O5S. The molecule has 0 saturated carbocycles. The highest BCUT2D eigenvalue weighted by Crippen LogP contribution is 2.18. The lowest BCUT2D eigenvalue weighted by molar-refractivity contribution is -0.131. The van der Waals surface area contributed by atoms with Gasteiger partial charge >= 0.3 is 0 Å². The minimum Gasteiger partial charge on any atom is -0.496 e. The maximum Gasteiger partial charge on any atom is 0.255 e. The summed E-state index contributed by atoms with van der Waals surface area (Å²) in [6.45, 7) is 2.02. The normalized spacial score (nSPS) is 18.8. The topological polar surface area (TPSA) is 92.8 Å². The number of hydrogen-bond acceptors (Lipinski definition) is 5. The van der Waals surface area contributed by atoms with Crippen LogP contribution in [-0.2, 0) is 14.6 Å². The molecular weight excluding hydrogens is 332 g/mol. The fourth-order valence-corrected chi connectivity index (χ4v) is 4.57. The Morgan fingerprint density at radius 1 is 1.33 bits per heavy atom. The molecule has 1 N–H and O–H groups in total. The van der Waals surface area contributed by atoms with Crippen LogP contribution in [0.15, 0.2) is 24.3 Å². The van der Waals surface area contributed by atoms with Crippen molar-refractivity contribution in [3.63, 3.8) is 0 Å². The van der Waals surface area contributed by atoms with E-state index in [0.717, 1.165) is 0 Å². The number of benzene rings is 1. The molecule has 0 radical (unpaired) electrons. The van der Waals surface area contributed by atoms with Crippen LogP contribution >= 0.6 is 0 Å². The Hall–Kier alpha value is -2.09. The van der Waals surface area contributed by atoms with Gasteiger partial charge in [0.25, 0.3) is 5.91 Å². The van der Waals surface area contributed by atoms with Crippen LogP contribution in [0.5, 0.6) is 5.75 Å². The number of nitrogens with zero attached hydrogens (tertiary/aromatic N) is 1. The fraction of sp³-hybridized carbons (Fsp3) is 0.500. The van der Waals surface area contributed by atoms with E-state index in [2.05, 4.69) is 5.32 Å². The van der Waals surface area contributed by atoms with E-state index in [4.69, 9.17) is 4.74 Å². The minimum absolute atomic E-state index is 0.00691. The molecule has 2 amide bonds. The Bertz CT molecular complexity index is 717. The molecule has 24 heavy (non-hydrogen) atoms. The number of amides is 2. The molecule has 0 bridgehead atoms. The molecule has 0 spiro atoms. The van der Waals surface area contributed by atoms with E-state index in [1.54, 1.807) is 31.2 Å². The molecule has 1 aromatic rings. The van der Waals surface area contributed by atoms with Crippen molar-refractivity contribution >= 4 is 21.7 Å². The summed E-state index contributed by atoms with van der Waals surface area (Å²) in [5.74, 6) is -0.169. The van der Waals surface area contributed by atoms with Crippen molar-refractivity contribution in [3.05, 3.63) is 29.8 Å². The largest absolute Gasteiger partial charge is 0.496 e. The van der Waals surface area contributed by atoms with Crippen LogP contribution in [0.25, 0.3) is 0 Å². The average Bonchev–Trinajstić information content (AvgIpc) is 2.92. The first-order valence-electron chi connectivity index (χ1n) is 7.79. The van der Waals surface area contributed by atoms with E-state index in [-0.39, 0.29) is 30.0 Å². The second-order valence-corrected chi connectivity index (χ2v) is 7.85. The Morgan fingerprint density at radius 2 is 2.04 bits per heavy atom. The first-order chi connectivity index (χ1) is 11.4. The van der Waals surface area contributed by atoms with Crippen molar-refractivity contribution < 1.29 is 22.7 Å². The lowest BCUT2D eigenvalue weighted by atomic mass is 10.2. The molecule has 1 aliphatic rings. The molecule has 1 unspecified atom stereocenters. The maximum atomic E-state index is 12.3. The zero-order chi connectivity index (χ0) is 17.7. The summed E-state index contributed by atoms with van der Waals surface area (Å²) < 4.78 is 28.3. The van der Waals surface area contributed by atoms with Gasteiger partial charge in [-0.3, -0.25) is 9.59 Å². The highest BCUT2D eigenvalue weighted by Gasteiger charge is 2.33. The number of hydrogen-bond donors (Lipinski definition) is 1. The van der Waals surface area contributed by atoms with E-state index >= 15 is 0 Å². The Morgan fingerprint density at radius 3 is 2.62 bits per heavy atom. The minimum atomic E-state index is -3.07. The average molecular weight is 354 g/mol. The summed E-state index contributed by atoms with van der Waals surface area (Å²) in [4.78, 5) is 26.1. The summed E-state index contributed by atoms with van der Waals surface area (Å²) in [7, 11) is -1.60. The number of methoxy groups -OCH3 is 1. The van der Waals surface area contributed by atoms with Gasteiger partial charge in [0.1, 0.15) is 5.75 Å². The summed E-state index contributed by atoms with van der Waals surface area (Å²) in [6, 6.07) is 6.43. The Labute approximate surface area is 141 Å². The highest BCUT2D eigenvalue weighted by atomic mass is 32.2. The molecule has 1 heterocycles.